The highest BCUT2D eigenvalue weighted by atomic mass is 35.5. The predicted molar refractivity (Wildman–Crippen MR) is 143 cm³/mol. The van der Waals surface area contributed by atoms with Crippen molar-refractivity contribution >= 4 is 46.4 Å². The van der Waals surface area contributed by atoms with E-state index in [4.69, 9.17) is 23.2 Å². The van der Waals surface area contributed by atoms with E-state index in [-0.39, 0.29) is 41.8 Å². The van der Waals surface area contributed by atoms with Crippen LogP contribution in [0.4, 0.5) is 0 Å². The van der Waals surface area contributed by atoms with Crippen molar-refractivity contribution in [2.75, 3.05) is 13.1 Å². The van der Waals surface area contributed by atoms with Gasteiger partial charge in [0.25, 0.3) is 0 Å². The molecule has 1 aromatic heterocycles. The van der Waals surface area contributed by atoms with Crippen LogP contribution in [0.5, 0.6) is 0 Å². The molecule has 0 saturated carbocycles. The van der Waals surface area contributed by atoms with Gasteiger partial charge in [-0.1, -0.05) is 57.0 Å². The Morgan fingerprint density at radius 2 is 1.85 bits per heavy atom. The van der Waals surface area contributed by atoms with E-state index in [9.17, 15) is 9.59 Å². The van der Waals surface area contributed by atoms with Crippen LogP contribution in [0.3, 0.4) is 0 Å². The second kappa shape index (κ2) is 11.0. The normalized spacial score (nSPS) is 17.0. The average molecular weight is 524 g/mol. The fourth-order valence-electron chi connectivity index (χ4n) is 4.97. The maximum atomic E-state index is 13.7. The van der Waals surface area contributed by atoms with Crippen molar-refractivity contribution in [3.05, 3.63) is 55.7 Å². The highest BCUT2D eigenvalue weighted by Gasteiger charge is 2.35. The van der Waals surface area contributed by atoms with Crippen LogP contribution in [0, 0.1) is 11.3 Å². The highest BCUT2D eigenvalue weighted by Crippen LogP contribution is 2.41. The Kier molecular flexibility index (Phi) is 8.75. The van der Waals surface area contributed by atoms with Crippen LogP contribution in [0.1, 0.15) is 76.4 Å². The molecular weight excluding hydrogens is 487 g/mol. The number of amides is 2. The molecule has 7 heteroatoms. The van der Waals surface area contributed by atoms with Crippen LogP contribution in [0.25, 0.3) is 0 Å². The number of fused-ring (bicyclic) bond motifs is 1. The van der Waals surface area contributed by atoms with Gasteiger partial charge in [0.1, 0.15) is 6.54 Å². The lowest BCUT2D eigenvalue weighted by Gasteiger charge is -2.38. The Bertz CT molecular complexity index is 1030. The first-order chi connectivity index (χ1) is 15.9. The number of carbonyl (C=O) groups excluding carboxylic acids is 2. The molecule has 2 aromatic rings. The van der Waals surface area contributed by atoms with E-state index in [2.05, 4.69) is 39.1 Å². The van der Waals surface area contributed by atoms with E-state index in [0.29, 0.717) is 23.0 Å². The zero-order chi connectivity index (χ0) is 25.2. The van der Waals surface area contributed by atoms with Crippen molar-refractivity contribution < 1.29 is 9.59 Å². The summed E-state index contributed by atoms with van der Waals surface area (Å²) in [4.78, 5) is 31.8. The van der Waals surface area contributed by atoms with Crippen molar-refractivity contribution in [3.8, 4) is 0 Å². The third-order valence-electron chi connectivity index (χ3n) is 6.28. The Hall–Kier alpha value is -1.56. The van der Waals surface area contributed by atoms with E-state index < -0.39 is 0 Å². The molecule has 3 rings (SSSR count). The molecule has 0 unspecified atom stereocenters. The van der Waals surface area contributed by atoms with Gasteiger partial charge in [0, 0.05) is 33.9 Å². The number of nitrogens with zero attached hydrogens (tertiary/aromatic N) is 2. The minimum absolute atomic E-state index is 0.0365. The Morgan fingerprint density at radius 1 is 1.15 bits per heavy atom. The summed E-state index contributed by atoms with van der Waals surface area (Å²) in [6.45, 7) is 13.3. The Morgan fingerprint density at radius 3 is 2.47 bits per heavy atom. The lowest BCUT2D eigenvalue weighted by Crippen LogP contribution is -2.49. The van der Waals surface area contributed by atoms with Gasteiger partial charge in [-0.2, -0.15) is 0 Å². The molecule has 1 aliphatic rings. The van der Waals surface area contributed by atoms with Gasteiger partial charge >= 0.3 is 0 Å². The molecule has 0 radical (unpaired) electrons. The molecule has 2 heterocycles. The van der Waals surface area contributed by atoms with Gasteiger partial charge in [-0.25, -0.2) is 0 Å². The van der Waals surface area contributed by atoms with Crippen LogP contribution < -0.4 is 0 Å². The van der Waals surface area contributed by atoms with Gasteiger partial charge in [0.05, 0.1) is 6.04 Å². The lowest BCUT2D eigenvalue weighted by molar-refractivity contribution is -0.143. The molecule has 0 N–H and O–H groups in total. The summed E-state index contributed by atoms with van der Waals surface area (Å²) in [6, 6.07) is 7.18. The number of hydrogen-bond acceptors (Lipinski definition) is 3. The number of thiophene rings is 1. The first-order valence-corrected chi connectivity index (χ1v) is 13.6. The number of carbonyl (C=O) groups is 2. The number of rotatable bonds is 7. The average Bonchev–Trinajstić information content (AvgIpc) is 3.18. The van der Waals surface area contributed by atoms with Crippen molar-refractivity contribution in [2.24, 2.45) is 11.3 Å². The summed E-state index contributed by atoms with van der Waals surface area (Å²) in [7, 11) is 0. The van der Waals surface area contributed by atoms with Crippen LogP contribution in [-0.4, -0.2) is 40.7 Å². The molecule has 0 aliphatic carbocycles. The minimum Gasteiger partial charge on any atom is -0.331 e. The van der Waals surface area contributed by atoms with Crippen LogP contribution in [0.2, 0.25) is 10.0 Å². The Labute approximate surface area is 218 Å². The van der Waals surface area contributed by atoms with E-state index in [1.54, 1.807) is 22.3 Å². The predicted octanol–water partition coefficient (Wildman–Crippen LogP) is 7.23. The van der Waals surface area contributed by atoms with Crippen LogP contribution in [0.15, 0.2) is 29.6 Å². The third kappa shape index (κ3) is 6.56. The number of halogens is 2. The number of benzene rings is 1. The molecule has 2 amide bonds. The second-order valence-electron chi connectivity index (χ2n) is 10.9. The Balaban J connectivity index is 1.83. The fourth-order valence-corrected chi connectivity index (χ4v) is 6.39. The van der Waals surface area contributed by atoms with Crippen molar-refractivity contribution in [2.45, 2.75) is 72.9 Å². The fraction of sp³-hybridized carbons (Fsp3) is 0.556. The van der Waals surface area contributed by atoms with Gasteiger partial charge in [-0.05, 0) is 72.7 Å². The second-order valence-corrected chi connectivity index (χ2v) is 12.7. The first kappa shape index (κ1) is 27.0. The molecule has 34 heavy (non-hydrogen) atoms. The maximum Gasteiger partial charge on any atom is 0.243 e. The minimum atomic E-state index is -0.281. The summed E-state index contributed by atoms with van der Waals surface area (Å²) < 4.78 is 0. The van der Waals surface area contributed by atoms with Crippen molar-refractivity contribution in [1.29, 1.82) is 0 Å². The molecule has 0 spiro atoms. The third-order valence-corrected chi connectivity index (χ3v) is 7.84. The molecule has 1 aromatic carbocycles. The molecular formula is C27H36Cl2N2O2S. The summed E-state index contributed by atoms with van der Waals surface area (Å²) in [5.74, 6) is 0.237. The molecule has 2 atom stereocenters. The molecule has 1 aliphatic heterocycles. The summed E-state index contributed by atoms with van der Waals surface area (Å²) in [5.41, 5.74) is 2.13. The van der Waals surface area contributed by atoms with Crippen molar-refractivity contribution in [1.82, 2.24) is 9.80 Å². The first-order valence-electron chi connectivity index (χ1n) is 12.0. The molecule has 0 fully saturated rings. The van der Waals surface area contributed by atoms with Crippen LogP contribution in [-0.2, 0) is 16.0 Å². The molecule has 0 saturated heterocycles. The van der Waals surface area contributed by atoms with Crippen molar-refractivity contribution in [3.63, 3.8) is 0 Å². The largest absolute Gasteiger partial charge is 0.331 e. The zero-order valence-corrected chi connectivity index (χ0v) is 23.4. The zero-order valence-electron chi connectivity index (χ0n) is 21.0. The van der Waals surface area contributed by atoms with Gasteiger partial charge < -0.3 is 9.80 Å². The maximum absolute atomic E-state index is 13.7. The smallest absolute Gasteiger partial charge is 0.243 e. The highest BCUT2D eigenvalue weighted by molar-refractivity contribution is 7.10. The lowest BCUT2D eigenvalue weighted by atomic mass is 9.84. The van der Waals surface area contributed by atoms with E-state index in [0.717, 1.165) is 24.0 Å². The molecule has 0 bridgehead atoms. The van der Waals surface area contributed by atoms with Gasteiger partial charge in [-0.15, -0.1) is 11.3 Å². The summed E-state index contributed by atoms with van der Waals surface area (Å²) >= 11 is 14.5. The monoisotopic (exact) mass is 522 g/mol. The standard InChI is InChI=1S/C27H36Cl2N2O2S/c1-17(2)31(24(32)13-18(3)15-27(4,5)6)16-25(33)30-11-9-23-21(10-12-34-23)26(30)20-8-7-19(28)14-22(20)29/h7-8,10,12,14,17-18,26H,9,11,13,15-16H2,1-6H3/t18-,26+/m0/s1. The SMILES string of the molecule is CC(C)N(CC(=O)N1CCc2sccc2[C@H]1c1ccc(Cl)cc1Cl)C(=O)C[C@H](C)CC(C)(C)C. The molecule has 186 valence electrons. The van der Waals surface area contributed by atoms with E-state index >= 15 is 0 Å². The van der Waals surface area contributed by atoms with Gasteiger partial charge in [0.15, 0.2) is 0 Å². The van der Waals surface area contributed by atoms with Crippen LogP contribution >= 0.6 is 34.5 Å². The number of hydrogen-bond donors (Lipinski definition) is 0. The topological polar surface area (TPSA) is 40.6 Å². The van der Waals surface area contributed by atoms with E-state index in [1.165, 1.54) is 4.88 Å². The quantitative estimate of drug-likeness (QED) is 0.384. The van der Waals surface area contributed by atoms with Gasteiger partial charge in [0.2, 0.25) is 11.8 Å². The summed E-state index contributed by atoms with van der Waals surface area (Å²) in [6.07, 6.45) is 2.21. The molecule has 4 nitrogen and oxygen atoms in total. The van der Waals surface area contributed by atoms with E-state index in [1.807, 2.05) is 30.9 Å². The summed E-state index contributed by atoms with van der Waals surface area (Å²) in [5, 5.41) is 3.17. The van der Waals surface area contributed by atoms with Gasteiger partial charge in [-0.3, -0.25) is 9.59 Å².